The van der Waals surface area contributed by atoms with Crippen molar-refractivity contribution in [1.82, 2.24) is 0 Å². The van der Waals surface area contributed by atoms with Crippen LogP contribution in [0.1, 0.15) is 72.2 Å². The van der Waals surface area contributed by atoms with Gasteiger partial charge in [0.05, 0.1) is 0 Å². The van der Waals surface area contributed by atoms with E-state index in [-0.39, 0.29) is 0 Å². The third kappa shape index (κ3) is 5.17. The average Bonchev–Trinajstić information content (AvgIpc) is 2.94. The molecule has 2 aliphatic heterocycles. The molecule has 0 nitrogen and oxygen atoms in total. The van der Waals surface area contributed by atoms with E-state index in [9.17, 15) is 0 Å². The Kier molecular flexibility index (Phi) is 7.93. The summed E-state index contributed by atoms with van der Waals surface area (Å²) in [6.45, 7) is 9.00. The lowest BCUT2D eigenvalue weighted by Crippen LogP contribution is -2.03. The van der Waals surface area contributed by atoms with Crippen LogP contribution in [0.4, 0.5) is 0 Å². The zero-order chi connectivity index (χ0) is 25.1. The first-order valence-electron chi connectivity index (χ1n) is 13.4. The fraction of sp³-hybridized carbons (Fsp3) is 0.294. The van der Waals surface area contributed by atoms with Gasteiger partial charge in [0.2, 0.25) is 0 Å². The molecule has 2 heteroatoms. The molecule has 36 heavy (non-hydrogen) atoms. The summed E-state index contributed by atoms with van der Waals surface area (Å²) in [5, 5.41) is 0. The number of benzene rings is 4. The van der Waals surface area contributed by atoms with Crippen LogP contribution in [0.2, 0.25) is 0 Å². The molecule has 184 valence electrons. The Labute approximate surface area is 225 Å². The number of aryl methyl sites for hydroxylation is 4. The van der Waals surface area contributed by atoms with Crippen molar-refractivity contribution in [2.75, 3.05) is 0 Å². The van der Waals surface area contributed by atoms with E-state index < -0.39 is 0 Å². The van der Waals surface area contributed by atoms with Crippen LogP contribution in [0.5, 0.6) is 0 Å². The van der Waals surface area contributed by atoms with Crippen molar-refractivity contribution in [2.45, 2.75) is 85.8 Å². The smallest absolute Gasteiger partial charge is 0.0190 e. The van der Waals surface area contributed by atoms with Crippen LogP contribution in [0, 0.1) is 0 Å². The van der Waals surface area contributed by atoms with Gasteiger partial charge in [-0.1, -0.05) is 112 Å². The summed E-state index contributed by atoms with van der Waals surface area (Å²) < 4.78 is 0. The maximum atomic E-state index is 2.40. The van der Waals surface area contributed by atoms with Crippen LogP contribution < -0.4 is 0 Å². The Morgan fingerprint density at radius 2 is 0.917 bits per heavy atom. The highest BCUT2D eigenvalue weighted by atomic mass is 32.2. The topological polar surface area (TPSA) is 0 Å². The highest BCUT2D eigenvalue weighted by molar-refractivity contribution is 7.99. The summed E-state index contributed by atoms with van der Waals surface area (Å²) in [5.74, 6) is 0. The third-order valence-corrected chi connectivity index (χ3v) is 10.0. The van der Waals surface area contributed by atoms with Gasteiger partial charge in [-0.05, 0) is 95.2 Å². The Morgan fingerprint density at radius 1 is 0.500 bits per heavy atom. The number of rotatable bonds is 4. The van der Waals surface area contributed by atoms with Crippen molar-refractivity contribution in [1.29, 1.82) is 0 Å². The second kappa shape index (κ2) is 11.3. The van der Waals surface area contributed by atoms with Gasteiger partial charge in [-0.15, -0.1) is 0 Å². The van der Waals surface area contributed by atoms with E-state index in [0.29, 0.717) is 0 Å². The predicted molar refractivity (Wildman–Crippen MR) is 157 cm³/mol. The first kappa shape index (κ1) is 25.2. The van der Waals surface area contributed by atoms with Gasteiger partial charge in [-0.25, -0.2) is 0 Å². The summed E-state index contributed by atoms with van der Waals surface area (Å²) in [5.41, 5.74) is 12.0. The van der Waals surface area contributed by atoms with Crippen LogP contribution >= 0.6 is 23.5 Å². The van der Waals surface area contributed by atoms with Crippen molar-refractivity contribution in [3.8, 4) is 0 Å². The highest BCUT2D eigenvalue weighted by Crippen LogP contribution is 2.43. The normalized spacial score (nSPS) is 13.0. The predicted octanol–water partition coefficient (Wildman–Crippen LogP) is 9.73. The maximum Gasteiger partial charge on any atom is 0.0190 e. The fourth-order valence-corrected chi connectivity index (χ4v) is 7.71. The van der Waals surface area contributed by atoms with E-state index in [0.717, 1.165) is 38.5 Å². The van der Waals surface area contributed by atoms with E-state index in [4.69, 9.17) is 0 Å². The molecule has 0 spiro atoms. The molecular formula is C34H36S2. The van der Waals surface area contributed by atoms with Gasteiger partial charge in [0.25, 0.3) is 0 Å². The number of hydrogen-bond acceptors (Lipinski definition) is 2. The Morgan fingerprint density at radius 3 is 1.31 bits per heavy atom. The van der Waals surface area contributed by atoms with Gasteiger partial charge in [-0.2, -0.15) is 0 Å². The van der Waals surface area contributed by atoms with E-state index in [1.54, 1.807) is 0 Å². The summed E-state index contributed by atoms with van der Waals surface area (Å²) in [6.07, 6.45) is 6.72. The standard InChI is InChI=1S/2C17H18S/c2*1-3-12-9-13(4-2)17-15(10-12)11-14-7-5-6-8-16(14)18-17/h2*5-10H,3-4,11H2,1-2H3. The summed E-state index contributed by atoms with van der Waals surface area (Å²) in [4.78, 5) is 5.88. The third-order valence-electron chi connectivity index (χ3n) is 7.31. The summed E-state index contributed by atoms with van der Waals surface area (Å²) in [6, 6.07) is 27.2. The van der Waals surface area contributed by atoms with Crippen molar-refractivity contribution < 1.29 is 0 Å². The largest absolute Gasteiger partial charge is 0.0892 e. The molecule has 4 aromatic carbocycles. The quantitative estimate of drug-likeness (QED) is 0.232. The second-order valence-electron chi connectivity index (χ2n) is 9.67. The molecule has 0 aromatic heterocycles. The molecule has 2 heterocycles. The maximum absolute atomic E-state index is 2.40. The monoisotopic (exact) mass is 508 g/mol. The van der Waals surface area contributed by atoms with E-state index in [2.05, 4.69) is 100 Å². The molecule has 0 radical (unpaired) electrons. The van der Waals surface area contributed by atoms with Crippen LogP contribution in [0.25, 0.3) is 0 Å². The van der Waals surface area contributed by atoms with E-state index in [1.807, 2.05) is 23.5 Å². The van der Waals surface area contributed by atoms with Gasteiger partial charge in [0, 0.05) is 19.6 Å². The summed E-state index contributed by atoms with van der Waals surface area (Å²) >= 11 is 3.91. The van der Waals surface area contributed by atoms with Gasteiger partial charge < -0.3 is 0 Å². The zero-order valence-corrected chi connectivity index (χ0v) is 23.6. The minimum Gasteiger partial charge on any atom is -0.0892 e. The highest BCUT2D eigenvalue weighted by Gasteiger charge is 2.20. The second-order valence-corrected chi connectivity index (χ2v) is 11.8. The first-order valence-corrected chi connectivity index (χ1v) is 15.1. The van der Waals surface area contributed by atoms with Crippen LogP contribution in [-0.4, -0.2) is 0 Å². The van der Waals surface area contributed by atoms with Gasteiger partial charge >= 0.3 is 0 Å². The zero-order valence-electron chi connectivity index (χ0n) is 22.0. The molecule has 2 aliphatic rings. The average molecular weight is 509 g/mol. The van der Waals surface area contributed by atoms with Crippen molar-refractivity contribution in [2.24, 2.45) is 0 Å². The number of hydrogen-bond donors (Lipinski definition) is 0. The molecule has 0 bridgehead atoms. The van der Waals surface area contributed by atoms with Gasteiger partial charge in [0.15, 0.2) is 0 Å². The van der Waals surface area contributed by atoms with Crippen LogP contribution in [0.15, 0.2) is 92.4 Å². The molecule has 0 unspecified atom stereocenters. The van der Waals surface area contributed by atoms with Crippen LogP contribution in [-0.2, 0) is 38.5 Å². The Hall–Kier alpha value is -2.42. The lowest BCUT2D eigenvalue weighted by Gasteiger charge is -2.22. The molecule has 0 amide bonds. The molecule has 0 saturated heterocycles. The fourth-order valence-electron chi connectivity index (χ4n) is 5.24. The van der Waals surface area contributed by atoms with Crippen molar-refractivity contribution in [3.05, 3.63) is 117 Å². The Balaban J connectivity index is 0.000000148. The molecule has 4 aromatic rings. The van der Waals surface area contributed by atoms with E-state index in [1.165, 1.54) is 64.1 Å². The van der Waals surface area contributed by atoms with Crippen molar-refractivity contribution in [3.63, 3.8) is 0 Å². The Bertz CT molecular complexity index is 1280. The van der Waals surface area contributed by atoms with E-state index >= 15 is 0 Å². The van der Waals surface area contributed by atoms with Crippen LogP contribution in [0.3, 0.4) is 0 Å². The number of fused-ring (bicyclic) bond motifs is 4. The molecule has 0 saturated carbocycles. The van der Waals surface area contributed by atoms with Crippen molar-refractivity contribution >= 4 is 23.5 Å². The SMILES string of the molecule is CCc1cc(CC)c2c(c1)Cc1ccccc1S2.CCc1cc(CC)c2c(c1)Cc1ccccc1S2. The molecular weight excluding hydrogens is 473 g/mol. The molecule has 0 N–H and O–H groups in total. The molecule has 0 fully saturated rings. The summed E-state index contributed by atoms with van der Waals surface area (Å²) in [7, 11) is 0. The lowest BCUT2D eigenvalue weighted by molar-refractivity contribution is 0.970. The van der Waals surface area contributed by atoms with Gasteiger partial charge in [-0.3, -0.25) is 0 Å². The molecule has 0 atom stereocenters. The molecule has 0 aliphatic carbocycles. The van der Waals surface area contributed by atoms with Gasteiger partial charge in [0.1, 0.15) is 0 Å². The lowest BCUT2D eigenvalue weighted by atomic mass is 9.97. The minimum absolute atomic E-state index is 1.10. The minimum atomic E-state index is 1.10. The first-order chi connectivity index (χ1) is 17.6. The molecule has 6 rings (SSSR count).